The summed E-state index contributed by atoms with van der Waals surface area (Å²) in [5.41, 5.74) is 2.35. The van der Waals surface area contributed by atoms with E-state index in [-0.39, 0.29) is 5.54 Å². The third-order valence-corrected chi connectivity index (χ3v) is 2.24. The Morgan fingerprint density at radius 1 is 1.38 bits per heavy atom. The maximum Gasteiger partial charge on any atom is 0.0904 e. The van der Waals surface area contributed by atoms with E-state index < -0.39 is 0 Å². The van der Waals surface area contributed by atoms with Crippen molar-refractivity contribution >= 4 is 6.08 Å². The minimum atomic E-state index is 0.0300. The Balaban J connectivity index is 2.51. The Kier molecular flexibility index (Phi) is 1.75. The second kappa shape index (κ2) is 2.69. The van der Waals surface area contributed by atoms with Gasteiger partial charge >= 0.3 is 0 Å². The molecule has 0 bridgehead atoms. The molecule has 1 heterocycles. The standard InChI is InChI=1S/C10H15N3/c1-10(2,3)13-9-7-5-4-6-8(9)11-12-13/h5,7H,4,6H2,1-3H3. The number of nitrogens with zero attached hydrogens (tertiary/aromatic N) is 3. The van der Waals surface area contributed by atoms with Crippen LogP contribution in [-0.2, 0) is 12.0 Å². The van der Waals surface area contributed by atoms with Gasteiger partial charge in [-0.25, -0.2) is 4.68 Å². The lowest BCUT2D eigenvalue weighted by Crippen LogP contribution is -2.24. The maximum atomic E-state index is 4.18. The van der Waals surface area contributed by atoms with Crippen LogP contribution in [0.2, 0.25) is 0 Å². The zero-order valence-corrected chi connectivity index (χ0v) is 8.41. The van der Waals surface area contributed by atoms with Crippen LogP contribution in [0.15, 0.2) is 6.08 Å². The predicted molar refractivity (Wildman–Crippen MR) is 52.4 cm³/mol. The van der Waals surface area contributed by atoms with E-state index in [1.54, 1.807) is 0 Å². The maximum absolute atomic E-state index is 4.18. The zero-order chi connectivity index (χ0) is 9.47. The predicted octanol–water partition coefficient (Wildman–Crippen LogP) is 1.99. The number of fused-ring (bicyclic) bond motifs is 1. The fourth-order valence-electron chi connectivity index (χ4n) is 1.58. The third kappa shape index (κ3) is 1.39. The molecule has 0 amide bonds. The van der Waals surface area contributed by atoms with E-state index in [0.29, 0.717) is 0 Å². The van der Waals surface area contributed by atoms with Crippen molar-refractivity contribution in [3.05, 3.63) is 17.5 Å². The van der Waals surface area contributed by atoms with Gasteiger partial charge in [-0.3, -0.25) is 0 Å². The van der Waals surface area contributed by atoms with Gasteiger partial charge in [0.25, 0.3) is 0 Å². The molecule has 3 nitrogen and oxygen atoms in total. The molecular formula is C10H15N3. The van der Waals surface area contributed by atoms with Crippen molar-refractivity contribution in [2.24, 2.45) is 0 Å². The lowest BCUT2D eigenvalue weighted by Gasteiger charge is -2.21. The molecule has 1 aliphatic carbocycles. The Labute approximate surface area is 78.5 Å². The number of aromatic nitrogens is 3. The van der Waals surface area contributed by atoms with Crippen molar-refractivity contribution in [3.63, 3.8) is 0 Å². The Morgan fingerprint density at radius 3 is 2.85 bits per heavy atom. The lowest BCUT2D eigenvalue weighted by molar-refractivity contribution is 0.344. The summed E-state index contributed by atoms with van der Waals surface area (Å²) in [4.78, 5) is 0. The van der Waals surface area contributed by atoms with Crippen molar-refractivity contribution in [1.82, 2.24) is 15.0 Å². The first-order chi connectivity index (χ1) is 6.09. The average Bonchev–Trinajstić information content (AvgIpc) is 2.45. The van der Waals surface area contributed by atoms with Crippen LogP contribution in [0.4, 0.5) is 0 Å². The van der Waals surface area contributed by atoms with Crippen LogP contribution < -0.4 is 0 Å². The molecule has 70 valence electrons. The van der Waals surface area contributed by atoms with E-state index in [0.717, 1.165) is 18.5 Å². The molecule has 2 rings (SSSR count). The van der Waals surface area contributed by atoms with Crippen LogP contribution in [-0.4, -0.2) is 15.0 Å². The molecular weight excluding hydrogens is 162 g/mol. The van der Waals surface area contributed by atoms with Crippen molar-refractivity contribution < 1.29 is 0 Å². The highest BCUT2D eigenvalue weighted by Gasteiger charge is 2.21. The molecule has 1 aromatic rings. The number of rotatable bonds is 0. The molecule has 0 aliphatic heterocycles. The normalized spacial score (nSPS) is 15.9. The van der Waals surface area contributed by atoms with Gasteiger partial charge in [0, 0.05) is 0 Å². The fraction of sp³-hybridized carbons (Fsp3) is 0.600. The number of aryl methyl sites for hydroxylation is 1. The first kappa shape index (κ1) is 8.48. The van der Waals surface area contributed by atoms with Gasteiger partial charge in [-0.15, -0.1) is 5.10 Å². The molecule has 0 atom stereocenters. The van der Waals surface area contributed by atoms with Gasteiger partial charge in [0.2, 0.25) is 0 Å². The summed E-state index contributed by atoms with van der Waals surface area (Å²) in [6.45, 7) is 6.43. The highest BCUT2D eigenvalue weighted by atomic mass is 15.5. The van der Waals surface area contributed by atoms with Crippen molar-refractivity contribution in [2.75, 3.05) is 0 Å². The van der Waals surface area contributed by atoms with E-state index in [2.05, 4.69) is 43.2 Å². The molecule has 3 heteroatoms. The molecule has 1 aromatic heterocycles. The third-order valence-electron chi connectivity index (χ3n) is 2.24. The number of hydrogen-bond acceptors (Lipinski definition) is 2. The van der Waals surface area contributed by atoms with Gasteiger partial charge in [-0.2, -0.15) is 0 Å². The Hall–Kier alpha value is -1.12. The lowest BCUT2D eigenvalue weighted by atomic mass is 10.1. The van der Waals surface area contributed by atoms with E-state index in [9.17, 15) is 0 Å². The van der Waals surface area contributed by atoms with Crippen LogP contribution in [0.1, 0.15) is 38.6 Å². The van der Waals surface area contributed by atoms with Gasteiger partial charge in [-0.05, 0) is 39.7 Å². The van der Waals surface area contributed by atoms with Gasteiger partial charge in [0.15, 0.2) is 0 Å². The van der Waals surface area contributed by atoms with E-state index in [1.165, 1.54) is 5.69 Å². The van der Waals surface area contributed by atoms with E-state index in [1.807, 2.05) is 4.68 Å². The van der Waals surface area contributed by atoms with Crippen molar-refractivity contribution in [2.45, 2.75) is 39.2 Å². The van der Waals surface area contributed by atoms with Crippen LogP contribution >= 0.6 is 0 Å². The molecule has 0 saturated heterocycles. The Bertz CT molecular complexity index is 342. The molecule has 13 heavy (non-hydrogen) atoms. The second-order valence-corrected chi connectivity index (χ2v) is 4.45. The average molecular weight is 177 g/mol. The summed E-state index contributed by atoms with van der Waals surface area (Å²) in [5.74, 6) is 0. The SMILES string of the molecule is CC(C)(C)n1nnc2c1C=CCC2. The highest BCUT2D eigenvalue weighted by Crippen LogP contribution is 2.22. The van der Waals surface area contributed by atoms with Crippen molar-refractivity contribution in [1.29, 1.82) is 0 Å². The monoisotopic (exact) mass is 177 g/mol. The van der Waals surface area contributed by atoms with E-state index >= 15 is 0 Å². The summed E-state index contributed by atoms with van der Waals surface area (Å²) >= 11 is 0. The molecule has 0 N–H and O–H groups in total. The highest BCUT2D eigenvalue weighted by molar-refractivity contribution is 5.50. The Morgan fingerprint density at radius 2 is 2.15 bits per heavy atom. The molecule has 0 aromatic carbocycles. The summed E-state index contributed by atoms with van der Waals surface area (Å²) in [5, 5.41) is 8.37. The first-order valence-corrected chi connectivity index (χ1v) is 4.70. The minimum absolute atomic E-state index is 0.0300. The molecule has 0 spiro atoms. The molecule has 0 saturated carbocycles. The summed E-state index contributed by atoms with van der Waals surface area (Å²) in [6, 6.07) is 0. The van der Waals surface area contributed by atoms with Crippen LogP contribution in [0.5, 0.6) is 0 Å². The quantitative estimate of drug-likeness (QED) is 0.606. The topological polar surface area (TPSA) is 30.7 Å². The largest absolute Gasteiger partial charge is 0.240 e. The summed E-state index contributed by atoms with van der Waals surface area (Å²) in [6.07, 6.45) is 6.44. The number of hydrogen-bond donors (Lipinski definition) is 0. The fourth-order valence-corrected chi connectivity index (χ4v) is 1.58. The van der Waals surface area contributed by atoms with Crippen molar-refractivity contribution in [3.8, 4) is 0 Å². The molecule has 0 radical (unpaired) electrons. The van der Waals surface area contributed by atoms with Crippen LogP contribution in [0.3, 0.4) is 0 Å². The molecule has 0 fully saturated rings. The van der Waals surface area contributed by atoms with E-state index in [4.69, 9.17) is 0 Å². The number of allylic oxidation sites excluding steroid dienone is 1. The summed E-state index contributed by atoms with van der Waals surface area (Å²) in [7, 11) is 0. The zero-order valence-electron chi connectivity index (χ0n) is 8.41. The molecule has 1 aliphatic rings. The smallest absolute Gasteiger partial charge is 0.0904 e. The first-order valence-electron chi connectivity index (χ1n) is 4.70. The van der Waals surface area contributed by atoms with Crippen LogP contribution in [0, 0.1) is 0 Å². The molecule has 0 unspecified atom stereocenters. The minimum Gasteiger partial charge on any atom is -0.240 e. The van der Waals surface area contributed by atoms with Gasteiger partial charge < -0.3 is 0 Å². The van der Waals surface area contributed by atoms with Gasteiger partial charge in [-0.1, -0.05) is 11.3 Å². The van der Waals surface area contributed by atoms with Gasteiger partial charge in [0.05, 0.1) is 16.9 Å². The second-order valence-electron chi connectivity index (χ2n) is 4.45. The summed E-state index contributed by atoms with van der Waals surface area (Å²) < 4.78 is 2.00. The van der Waals surface area contributed by atoms with Crippen LogP contribution in [0.25, 0.3) is 6.08 Å². The van der Waals surface area contributed by atoms with Gasteiger partial charge in [0.1, 0.15) is 0 Å².